The molecule has 2 aromatic rings. The van der Waals surface area contributed by atoms with Crippen molar-refractivity contribution >= 4 is 11.3 Å². The fraction of sp³-hybridized carbons (Fsp3) is 0.667. The zero-order chi connectivity index (χ0) is 16.4. The van der Waals surface area contributed by atoms with Gasteiger partial charge in [0.25, 0.3) is 0 Å². The summed E-state index contributed by atoms with van der Waals surface area (Å²) in [4.78, 5) is 8.93. The van der Waals surface area contributed by atoms with Crippen LogP contribution in [0.25, 0.3) is 0 Å². The molecule has 0 aliphatic heterocycles. The molecule has 0 N–H and O–H groups in total. The zero-order valence-corrected chi connectivity index (χ0v) is 15.7. The maximum absolute atomic E-state index is 4.90. The molecule has 0 saturated heterocycles. The van der Waals surface area contributed by atoms with Crippen LogP contribution in [0.15, 0.2) is 0 Å². The third kappa shape index (κ3) is 3.50. The second-order valence-electron chi connectivity index (χ2n) is 6.45. The summed E-state index contributed by atoms with van der Waals surface area (Å²) >= 11 is 1.93. The summed E-state index contributed by atoms with van der Waals surface area (Å²) < 4.78 is 2.11. The third-order valence-corrected chi connectivity index (χ3v) is 6.05. The molecular formula is C18H28N4S. The van der Waals surface area contributed by atoms with Crippen LogP contribution >= 0.6 is 11.3 Å². The fourth-order valence-electron chi connectivity index (χ4n) is 3.44. The maximum atomic E-state index is 4.90. The van der Waals surface area contributed by atoms with Crippen molar-refractivity contribution in [2.45, 2.75) is 73.0 Å². The summed E-state index contributed by atoms with van der Waals surface area (Å²) in [6.45, 7) is 12.6. The monoisotopic (exact) mass is 332 g/mol. The molecule has 4 nitrogen and oxygen atoms in total. The number of thiazole rings is 1. The Morgan fingerprint density at radius 2 is 1.91 bits per heavy atom. The van der Waals surface area contributed by atoms with Crippen LogP contribution in [0, 0.1) is 13.8 Å². The second-order valence-corrected chi connectivity index (χ2v) is 7.62. The van der Waals surface area contributed by atoms with Gasteiger partial charge in [0.1, 0.15) is 5.01 Å². The van der Waals surface area contributed by atoms with Crippen molar-refractivity contribution in [3.63, 3.8) is 0 Å². The predicted octanol–water partition coefficient (Wildman–Crippen LogP) is 3.88. The van der Waals surface area contributed by atoms with Gasteiger partial charge in [-0.05, 0) is 53.0 Å². The van der Waals surface area contributed by atoms with Crippen LogP contribution in [0.5, 0.6) is 0 Å². The van der Waals surface area contributed by atoms with Gasteiger partial charge >= 0.3 is 0 Å². The zero-order valence-electron chi connectivity index (χ0n) is 14.9. The molecule has 23 heavy (non-hydrogen) atoms. The van der Waals surface area contributed by atoms with Crippen molar-refractivity contribution in [3.05, 3.63) is 32.5 Å². The van der Waals surface area contributed by atoms with Crippen molar-refractivity contribution < 1.29 is 0 Å². The first-order valence-corrected chi connectivity index (χ1v) is 9.66. The van der Waals surface area contributed by atoms with Crippen LogP contribution in [0.1, 0.15) is 59.2 Å². The quantitative estimate of drug-likeness (QED) is 0.805. The Morgan fingerprint density at radius 1 is 1.13 bits per heavy atom. The van der Waals surface area contributed by atoms with Crippen molar-refractivity contribution in [2.24, 2.45) is 0 Å². The average molecular weight is 333 g/mol. The number of hydrogen-bond acceptors (Lipinski definition) is 4. The molecule has 0 bridgehead atoms. The van der Waals surface area contributed by atoms with Gasteiger partial charge in [0.2, 0.25) is 0 Å². The van der Waals surface area contributed by atoms with Gasteiger partial charge in [0, 0.05) is 29.2 Å². The van der Waals surface area contributed by atoms with Crippen molar-refractivity contribution in [3.8, 4) is 0 Å². The highest BCUT2D eigenvalue weighted by atomic mass is 32.1. The van der Waals surface area contributed by atoms with E-state index in [1.165, 1.54) is 58.2 Å². The van der Waals surface area contributed by atoms with Crippen LogP contribution in [-0.2, 0) is 32.5 Å². The molecule has 3 rings (SSSR count). The number of aryl methyl sites for hydroxylation is 4. The molecule has 0 atom stereocenters. The van der Waals surface area contributed by atoms with Gasteiger partial charge in [0.15, 0.2) is 0 Å². The molecule has 1 aliphatic carbocycles. The van der Waals surface area contributed by atoms with Crippen LogP contribution in [0.3, 0.4) is 0 Å². The van der Waals surface area contributed by atoms with E-state index in [4.69, 9.17) is 4.98 Å². The van der Waals surface area contributed by atoms with E-state index in [-0.39, 0.29) is 0 Å². The molecule has 2 heterocycles. The normalized spacial score (nSPS) is 14.5. The highest BCUT2D eigenvalue weighted by Gasteiger charge is 2.18. The van der Waals surface area contributed by atoms with Crippen LogP contribution in [0.4, 0.5) is 0 Å². The van der Waals surface area contributed by atoms with Gasteiger partial charge in [-0.1, -0.05) is 6.92 Å². The van der Waals surface area contributed by atoms with Gasteiger partial charge < -0.3 is 0 Å². The molecule has 0 fully saturated rings. The lowest BCUT2D eigenvalue weighted by Crippen LogP contribution is -2.23. The number of nitrogens with zero attached hydrogens (tertiary/aromatic N) is 4. The number of hydrogen-bond donors (Lipinski definition) is 0. The highest BCUT2D eigenvalue weighted by molar-refractivity contribution is 7.11. The Morgan fingerprint density at radius 3 is 2.57 bits per heavy atom. The molecule has 126 valence electrons. The molecule has 0 aromatic carbocycles. The van der Waals surface area contributed by atoms with E-state index >= 15 is 0 Å². The summed E-state index contributed by atoms with van der Waals surface area (Å²) in [6.07, 6.45) is 5.06. The first-order valence-electron chi connectivity index (χ1n) is 8.85. The molecule has 0 amide bonds. The first-order chi connectivity index (χ1) is 11.1. The molecule has 0 unspecified atom stereocenters. The van der Waals surface area contributed by atoms with E-state index < -0.39 is 0 Å². The lowest BCUT2D eigenvalue weighted by atomic mass is 10.0. The van der Waals surface area contributed by atoms with Crippen LogP contribution in [-0.4, -0.2) is 26.2 Å². The summed E-state index contributed by atoms with van der Waals surface area (Å²) in [5.74, 6) is 0. The van der Waals surface area contributed by atoms with Gasteiger partial charge in [-0.2, -0.15) is 5.10 Å². The summed E-state index contributed by atoms with van der Waals surface area (Å²) in [5, 5.41) is 5.94. The Bertz CT molecular complexity index is 647. The van der Waals surface area contributed by atoms with E-state index in [9.17, 15) is 0 Å². The van der Waals surface area contributed by atoms with Crippen molar-refractivity contribution in [1.29, 1.82) is 0 Å². The van der Waals surface area contributed by atoms with Gasteiger partial charge in [-0.15, -0.1) is 11.3 Å². The van der Waals surface area contributed by atoms with Gasteiger partial charge in [-0.25, -0.2) is 4.98 Å². The van der Waals surface area contributed by atoms with E-state index in [0.717, 1.165) is 26.2 Å². The molecule has 0 radical (unpaired) electrons. The van der Waals surface area contributed by atoms with Gasteiger partial charge in [-0.3, -0.25) is 9.58 Å². The topological polar surface area (TPSA) is 34.0 Å². The van der Waals surface area contributed by atoms with E-state index in [2.05, 4.69) is 42.4 Å². The van der Waals surface area contributed by atoms with E-state index in [0.29, 0.717) is 0 Å². The fourth-order valence-corrected chi connectivity index (χ4v) is 4.64. The second kappa shape index (κ2) is 7.14. The first kappa shape index (κ1) is 16.7. The highest BCUT2D eigenvalue weighted by Crippen LogP contribution is 2.28. The average Bonchev–Trinajstić information content (AvgIpc) is 3.08. The minimum atomic E-state index is 0.942. The Hall–Kier alpha value is -1.20. The summed E-state index contributed by atoms with van der Waals surface area (Å²) in [7, 11) is 0. The largest absolute Gasteiger partial charge is 0.293 e. The molecule has 2 aromatic heterocycles. The minimum absolute atomic E-state index is 0.942. The SMILES string of the molecule is CCN(Cc1nc2c(s1)CCCC2)Cc1c(C)nn(CC)c1C. The number of aromatic nitrogens is 3. The van der Waals surface area contributed by atoms with E-state index in [1.807, 2.05) is 11.3 Å². The molecule has 0 saturated carbocycles. The molecule has 0 spiro atoms. The Labute approximate surface area is 143 Å². The standard InChI is InChI=1S/C18H28N4S/c1-5-21(11-15-13(3)20-22(6-2)14(15)4)12-18-19-16-9-7-8-10-17(16)23-18/h5-12H2,1-4H3. The van der Waals surface area contributed by atoms with Crippen LogP contribution in [0.2, 0.25) is 0 Å². The number of fused-ring (bicyclic) bond motifs is 1. The Balaban J connectivity index is 1.73. The minimum Gasteiger partial charge on any atom is -0.293 e. The number of rotatable bonds is 6. The smallest absolute Gasteiger partial charge is 0.107 e. The Kier molecular flexibility index (Phi) is 5.17. The van der Waals surface area contributed by atoms with Crippen molar-refractivity contribution in [1.82, 2.24) is 19.7 Å². The molecule has 5 heteroatoms. The predicted molar refractivity (Wildman–Crippen MR) is 95.9 cm³/mol. The maximum Gasteiger partial charge on any atom is 0.107 e. The molecule has 1 aliphatic rings. The van der Waals surface area contributed by atoms with Crippen molar-refractivity contribution in [2.75, 3.05) is 6.54 Å². The van der Waals surface area contributed by atoms with E-state index in [1.54, 1.807) is 0 Å². The van der Waals surface area contributed by atoms with Gasteiger partial charge in [0.05, 0.1) is 17.9 Å². The third-order valence-electron chi connectivity index (χ3n) is 4.91. The lowest BCUT2D eigenvalue weighted by molar-refractivity contribution is 0.269. The summed E-state index contributed by atoms with van der Waals surface area (Å²) in [6, 6.07) is 0. The lowest BCUT2D eigenvalue weighted by Gasteiger charge is -2.19. The van der Waals surface area contributed by atoms with Crippen LogP contribution < -0.4 is 0 Å². The molecular weight excluding hydrogens is 304 g/mol. The summed E-state index contributed by atoms with van der Waals surface area (Å²) in [5.41, 5.74) is 5.23.